The van der Waals surface area contributed by atoms with Crippen LogP contribution in [0.4, 0.5) is 19.0 Å². The number of hydrogen-bond donors (Lipinski definition) is 2. The van der Waals surface area contributed by atoms with Crippen molar-refractivity contribution in [3.05, 3.63) is 54.4 Å². The van der Waals surface area contributed by atoms with Crippen LogP contribution in [-0.4, -0.2) is 47.4 Å². The molecule has 0 atom stereocenters. The second-order valence-electron chi connectivity index (χ2n) is 6.37. The highest BCUT2D eigenvalue weighted by Crippen LogP contribution is 2.29. The smallest absolute Gasteiger partial charge is 0.404 e. The van der Waals surface area contributed by atoms with Crippen LogP contribution in [0, 0.1) is 13.8 Å². The van der Waals surface area contributed by atoms with Gasteiger partial charge >= 0.3 is 6.36 Å². The van der Waals surface area contributed by atoms with Crippen LogP contribution in [0.25, 0.3) is 5.82 Å². The number of para-hydroxylation sites is 1. The molecule has 0 bridgehead atoms. The molecule has 0 fully saturated rings. The molecule has 2 N–H and O–H groups in total. The number of alkyl halides is 3. The molecule has 1 aromatic carbocycles. The van der Waals surface area contributed by atoms with E-state index in [2.05, 4.69) is 29.7 Å². The number of halogens is 3. The maximum absolute atomic E-state index is 12.5. The summed E-state index contributed by atoms with van der Waals surface area (Å²) in [6.45, 7) is 3.79. The van der Waals surface area contributed by atoms with Crippen LogP contribution in [-0.2, 0) is 10.0 Å². The molecule has 3 rings (SSSR count). The molecule has 0 saturated carbocycles. The molecule has 0 saturated heterocycles. The lowest BCUT2D eigenvalue weighted by atomic mass is 10.3. The van der Waals surface area contributed by atoms with Crippen LogP contribution in [0.5, 0.6) is 5.75 Å². The zero-order chi connectivity index (χ0) is 22.6. The summed E-state index contributed by atoms with van der Waals surface area (Å²) in [4.78, 5) is 11.9. The third-order valence-corrected chi connectivity index (χ3v) is 5.74. The van der Waals surface area contributed by atoms with E-state index < -0.39 is 27.0 Å². The number of hydrogen-bond acceptors (Lipinski definition) is 7. The van der Waals surface area contributed by atoms with E-state index in [1.54, 1.807) is 17.0 Å². The van der Waals surface area contributed by atoms with Crippen molar-refractivity contribution >= 4 is 15.8 Å². The Labute approximate surface area is 176 Å². The maximum Gasteiger partial charge on any atom is 0.573 e. The molecule has 2 heterocycles. The molecule has 0 spiro atoms. The van der Waals surface area contributed by atoms with Crippen molar-refractivity contribution in [3.63, 3.8) is 0 Å². The van der Waals surface area contributed by atoms with Gasteiger partial charge in [0, 0.05) is 24.8 Å². The first kappa shape index (κ1) is 22.5. The van der Waals surface area contributed by atoms with E-state index in [-0.39, 0.29) is 13.1 Å². The molecule has 31 heavy (non-hydrogen) atoms. The summed E-state index contributed by atoms with van der Waals surface area (Å²) in [7, 11) is -4.23. The van der Waals surface area contributed by atoms with Crippen molar-refractivity contribution in [2.75, 3.05) is 18.4 Å². The number of rotatable bonds is 8. The molecule has 3 aromatic rings. The number of imidazole rings is 1. The van der Waals surface area contributed by atoms with E-state index in [4.69, 9.17) is 0 Å². The highest BCUT2D eigenvalue weighted by molar-refractivity contribution is 7.89. The minimum atomic E-state index is -5.01. The maximum atomic E-state index is 12.5. The third kappa shape index (κ3) is 5.70. The van der Waals surface area contributed by atoms with Gasteiger partial charge in [-0.3, -0.25) is 4.57 Å². The summed E-state index contributed by atoms with van der Waals surface area (Å²) in [6.07, 6.45) is -2.03. The Bertz CT molecular complexity index is 1160. The van der Waals surface area contributed by atoms with Crippen LogP contribution in [0.3, 0.4) is 0 Å². The number of benzene rings is 1. The third-order valence-electron chi connectivity index (χ3n) is 4.24. The molecule has 166 valence electrons. The molecule has 0 aliphatic carbocycles. The van der Waals surface area contributed by atoms with Crippen molar-refractivity contribution in [1.29, 1.82) is 0 Å². The predicted octanol–water partition coefficient (Wildman–Crippen LogP) is 2.57. The molecular weight excluding hydrogens is 437 g/mol. The molecule has 9 nitrogen and oxygen atoms in total. The van der Waals surface area contributed by atoms with Crippen molar-refractivity contribution in [2.45, 2.75) is 25.1 Å². The average Bonchev–Trinajstić information content (AvgIpc) is 3.03. The first-order valence-corrected chi connectivity index (χ1v) is 10.5. The minimum Gasteiger partial charge on any atom is -0.404 e. The number of aromatic nitrogens is 4. The van der Waals surface area contributed by atoms with Gasteiger partial charge in [0.05, 0.1) is 5.69 Å². The Kier molecular flexibility index (Phi) is 6.45. The fraction of sp³-hybridized carbons (Fsp3) is 0.278. The van der Waals surface area contributed by atoms with Crippen LogP contribution in [0.2, 0.25) is 0 Å². The first-order valence-electron chi connectivity index (χ1n) is 8.98. The number of aryl methyl sites for hydroxylation is 1. The Morgan fingerprint density at radius 1 is 1.10 bits per heavy atom. The Hall–Kier alpha value is -3.19. The quantitative estimate of drug-likeness (QED) is 0.501. The second kappa shape index (κ2) is 8.89. The van der Waals surface area contributed by atoms with Gasteiger partial charge in [0.25, 0.3) is 0 Å². The number of anilines is 1. The molecular formula is C18H19F3N6O3S. The lowest BCUT2D eigenvalue weighted by Gasteiger charge is -2.14. The zero-order valence-corrected chi connectivity index (χ0v) is 17.3. The highest BCUT2D eigenvalue weighted by atomic mass is 32.2. The molecule has 0 aliphatic rings. The zero-order valence-electron chi connectivity index (χ0n) is 16.5. The van der Waals surface area contributed by atoms with E-state index in [1.165, 1.54) is 18.5 Å². The minimum absolute atomic E-state index is 0.106. The lowest BCUT2D eigenvalue weighted by molar-refractivity contribution is -0.275. The van der Waals surface area contributed by atoms with E-state index in [9.17, 15) is 21.6 Å². The Balaban J connectivity index is 1.63. The van der Waals surface area contributed by atoms with Gasteiger partial charge < -0.3 is 10.1 Å². The van der Waals surface area contributed by atoms with Crippen LogP contribution >= 0.6 is 0 Å². The van der Waals surface area contributed by atoms with Gasteiger partial charge in [-0.05, 0) is 26.0 Å². The number of nitrogens with zero attached hydrogens (tertiary/aromatic N) is 4. The van der Waals surface area contributed by atoms with Gasteiger partial charge in [-0.2, -0.15) is 0 Å². The summed E-state index contributed by atoms with van der Waals surface area (Å²) in [5.41, 5.74) is 1.77. The van der Waals surface area contributed by atoms with E-state index in [1.807, 2.05) is 13.8 Å². The van der Waals surface area contributed by atoms with Gasteiger partial charge in [-0.1, -0.05) is 12.1 Å². The SMILES string of the molecule is Cc1ncn(-c2cc(NCCNS(=O)(=O)c3ccccc3OC(F)(F)F)ncn2)c1C. The van der Waals surface area contributed by atoms with Crippen molar-refractivity contribution < 1.29 is 26.3 Å². The van der Waals surface area contributed by atoms with Crippen LogP contribution < -0.4 is 14.8 Å². The first-order chi connectivity index (χ1) is 14.6. The topological polar surface area (TPSA) is 111 Å². The van der Waals surface area contributed by atoms with Crippen molar-refractivity contribution in [2.24, 2.45) is 0 Å². The lowest BCUT2D eigenvalue weighted by Crippen LogP contribution is -2.30. The van der Waals surface area contributed by atoms with E-state index in [0.29, 0.717) is 11.6 Å². The van der Waals surface area contributed by atoms with Crippen molar-refractivity contribution in [1.82, 2.24) is 24.2 Å². The summed E-state index contributed by atoms with van der Waals surface area (Å²) in [5.74, 6) is 0.215. The second-order valence-corrected chi connectivity index (χ2v) is 8.10. The summed E-state index contributed by atoms with van der Waals surface area (Å²) >= 11 is 0. The normalized spacial score (nSPS) is 12.0. The number of sulfonamides is 1. The summed E-state index contributed by atoms with van der Waals surface area (Å²) < 4.78 is 70.2. The summed E-state index contributed by atoms with van der Waals surface area (Å²) in [5, 5.41) is 2.93. The van der Waals surface area contributed by atoms with Crippen LogP contribution in [0.15, 0.2) is 47.9 Å². The Morgan fingerprint density at radius 2 is 1.84 bits per heavy atom. The molecule has 0 amide bonds. The van der Waals surface area contributed by atoms with Gasteiger partial charge in [0.15, 0.2) is 0 Å². The fourth-order valence-electron chi connectivity index (χ4n) is 2.64. The molecule has 13 heteroatoms. The van der Waals surface area contributed by atoms with E-state index >= 15 is 0 Å². The van der Waals surface area contributed by atoms with E-state index in [0.717, 1.165) is 23.5 Å². The summed E-state index contributed by atoms with van der Waals surface area (Å²) in [6, 6.07) is 6.18. The Morgan fingerprint density at radius 3 is 2.52 bits per heavy atom. The average molecular weight is 456 g/mol. The molecule has 2 aromatic heterocycles. The standard InChI is InChI=1S/C18H19F3N6O3S/c1-12-13(2)27(11-25-12)17-9-16(23-10-24-17)22-7-8-26-31(28,29)15-6-4-3-5-14(15)30-18(19,20)21/h3-6,9-11,26H,7-8H2,1-2H3,(H,22,23,24). The fourth-order valence-corrected chi connectivity index (χ4v) is 3.80. The van der Waals surface area contributed by atoms with Gasteiger partial charge in [-0.15, -0.1) is 13.2 Å². The largest absolute Gasteiger partial charge is 0.573 e. The predicted molar refractivity (Wildman–Crippen MR) is 105 cm³/mol. The van der Waals surface area contributed by atoms with Crippen molar-refractivity contribution in [3.8, 4) is 11.6 Å². The molecule has 0 aliphatic heterocycles. The molecule has 0 radical (unpaired) electrons. The van der Waals surface area contributed by atoms with Gasteiger partial charge in [-0.25, -0.2) is 28.1 Å². The van der Waals surface area contributed by atoms with Gasteiger partial charge in [0.2, 0.25) is 10.0 Å². The highest BCUT2D eigenvalue weighted by Gasteiger charge is 2.33. The number of ether oxygens (including phenoxy) is 1. The van der Waals surface area contributed by atoms with Crippen LogP contribution in [0.1, 0.15) is 11.4 Å². The number of nitrogens with one attached hydrogen (secondary N) is 2. The monoisotopic (exact) mass is 456 g/mol. The van der Waals surface area contributed by atoms with Gasteiger partial charge in [0.1, 0.15) is 34.9 Å². The molecule has 0 unspecified atom stereocenters.